The van der Waals surface area contributed by atoms with Crippen LogP contribution < -0.4 is 5.32 Å². The van der Waals surface area contributed by atoms with Gasteiger partial charge in [0.15, 0.2) is 11.6 Å². The summed E-state index contributed by atoms with van der Waals surface area (Å²) in [6.07, 6.45) is -0.251. The summed E-state index contributed by atoms with van der Waals surface area (Å²) in [7, 11) is 0. The minimum absolute atomic E-state index is 0.251. The Morgan fingerprint density at radius 2 is 2.36 bits per heavy atom. The molecule has 0 bridgehead atoms. The van der Waals surface area contributed by atoms with Gasteiger partial charge in [-0.15, -0.1) is 0 Å². The Hall–Kier alpha value is -1.13. The van der Waals surface area contributed by atoms with E-state index < -0.39 is 5.82 Å². The van der Waals surface area contributed by atoms with Crippen LogP contribution in [0.2, 0.25) is 0 Å². The first-order valence-electron chi connectivity index (χ1n) is 4.59. The van der Waals surface area contributed by atoms with Gasteiger partial charge in [0.2, 0.25) is 0 Å². The zero-order valence-electron chi connectivity index (χ0n) is 7.66. The molecule has 1 heterocycles. The molecule has 2 N–H and O–H groups in total. The van der Waals surface area contributed by atoms with Crippen LogP contribution in [0.25, 0.3) is 0 Å². The standard InChI is InChI=1S/C10H12FNO2/c11-8-3-1-2-7(10(8)13)9-6-12-4-5-14-9/h1-3,9,12-13H,4-6H2. The Balaban J connectivity index is 2.26. The maximum atomic E-state index is 13.0. The van der Waals surface area contributed by atoms with Gasteiger partial charge in [-0.25, -0.2) is 4.39 Å². The Labute approximate surface area is 81.5 Å². The van der Waals surface area contributed by atoms with Crippen molar-refractivity contribution in [1.82, 2.24) is 5.32 Å². The lowest BCUT2D eigenvalue weighted by molar-refractivity contribution is 0.0260. The number of ether oxygens (including phenoxy) is 1. The van der Waals surface area contributed by atoms with Crippen molar-refractivity contribution in [2.75, 3.05) is 19.7 Å². The van der Waals surface area contributed by atoms with Crippen molar-refractivity contribution >= 4 is 0 Å². The molecule has 0 saturated carbocycles. The second-order valence-corrected chi connectivity index (χ2v) is 3.24. The largest absolute Gasteiger partial charge is 0.505 e. The predicted molar refractivity (Wildman–Crippen MR) is 49.6 cm³/mol. The fourth-order valence-corrected chi connectivity index (χ4v) is 1.56. The van der Waals surface area contributed by atoms with Crippen molar-refractivity contribution in [3.05, 3.63) is 29.6 Å². The van der Waals surface area contributed by atoms with Crippen molar-refractivity contribution in [3.63, 3.8) is 0 Å². The average molecular weight is 197 g/mol. The van der Waals surface area contributed by atoms with Gasteiger partial charge < -0.3 is 15.2 Å². The number of para-hydroxylation sites is 1. The van der Waals surface area contributed by atoms with E-state index in [-0.39, 0.29) is 11.9 Å². The van der Waals surface area contributed by atoms with Gasteiger partial charge in [0, 0.05) is 18.7 Å². The molecule has 3 nitrogen and oxygen atoms in total. The summed E-state index contributed by atoms with van der Waals surface area (Å²) in [5.74, 6) is -0.905. The van der Waals surface area contributed by atoms with E-state index in [2.05, 4.69) is 5.32 Å². The van der Waals surface area contributed by atoms with E-state index in [1.54, 1.807) is 12.1 Å². The molecule has 1 aromatic carbocycles. The summed E-state index contributed by atoms with van der Waals surface area (Å²) < 4.78 is 18.4. The van der Waals surface area contributed by atoms with Gasteiger partial charge >= 0.3 is 0 Å². The molecule has 0 aliphatic carbocycles. The van der Waals surface area contributed by atoms with Gasteiger partial charge in [0.25, 0.3) is 0 Å². The monoisotopic (exact) mass is 197 g/mol. The highest BCUT2D eigenvalue weighted by Gasteiger charge is 2.20. The Kier molecular flexibility index (Phi) is 2.65. The molecule has 1 aliphatic rings. The molecule has 1 aliphatic heterocycles. The molecule has 1 saturated heterocycles. The maximum Gasteiger partial charge on any atom is 0.165 e. The number of phenolic OH excluding ortho intramolecular Hbond substituents is 1. The first-order chi connectivity index (χ1) is 6.79. The first kappa shape index (κ1) is 9.43. The second kappa shape index (κ2) is 3.94. The van der Waals surface area contributed by atoms with Gasteiger partial charge in [0.1, 0.15) is 0 Å². The zero-order valence-corrected chi connectivity index (χ0v) is 7.66. The SMILES string of the molecule is Oc1c(F)cccc1C1CNCCO1. The van der Waals surface area contributed by atoms with Crippen LogP contribution in [-0.2, 0) is 4.74 Å². The molecule has 0 spiro atoms. The van der Waals surface area contributed by atoms with Crippen LogP contribution in [0, 0.1) is 5.82 Å². The van der Waals surface area contributed by atoms with E-state index in [0.717, 1.165) is 6.54 Å². The summed E-state index contributed by atoms with van der Waals surface area (Å²) in [6.45, 7) is 1.99. The van der Waals surface area contributed by atoms with E-state index in [1.165, 1.54) is 6.07 Å². The minimum Gasteiger partial charge on any atom is -0.505 e. The summed E-state index contributed by atoms with van der Waals surface area (Å²) in [5, 5.41) is 12.6. The van der Waals surface area contributed by atoms with Crippen LogP contribution in [0.1, 0.15) is 11.7 Å². The molecule has 0 radical (unpaired) electrons. The molecule has 1 unspecified atom stereocenters. The molecule has 0 aromatic heterocycles. The molecule has 4 heteroatoms. The van der Waals surface area contributed by atoms with Crippen molar-refractivity contribution < 1.29 is 14.2 Å². The fourth-order valence-electron chi connectivity index (χ4n) is 1.56. The van der Waals surface area contributed by atoms with Crippen LogP contribution in [0.15, 0.2) is 18.2 Å². The van der Waals surface area contributed by atoms with Gasteiger partial charge in [-0.05, 0) is 6.07 Å². The van der Waals surface area contributed by atoms with E-state index in [1.807, 2.05) is 0 Å². The van der Waals surface area contributed by atoms with Crippen LogP contribution in [-0.4, -0.2) is 24.8 Å². The van der Waals surface area contributed by atoms with Crippen LogP contribution in [0.4, 0.5) is 4.39 Å². The summed E-state index contributed by atoms with van der Waals surface area (Å²) >= 11 is 0. The number of phenols is 1. The summed E-state index contributed by atoms with van der Waals surface area (Å²) in [4.78, 5) is 0. The van der Waals surface area contributed by atoms with Crippen molar-refractivity contribution in [3.8, 4) is 5.75 Å². The molecule has 1 fully saturated rings. The molecule has 1 atom stereocenters. The number of morpholine rings is 1. The average Bonchev–Trinajstić information content (AvgIpc) is 2.23. The van der Waals surface area contributed by atoms with E-state index in [0.29, 0.717) is 18.7 Å². The van der Waals surface area contributed by atoms with E-state index in [4.69, 9.17) is 4.74 Å². The minimum atomic E-state index is -0.600. The quantitative estimate of drug-likeness (QED) is 0.710. The Morgan fingerprint density at radius 1 is 1.50 bits per heavy atom. The Morgan fingerprint density at radius 3 is 3.07 bits per heavy atom. The van der Waals surface area contributed by atoms with E-state index in [9.17, 15) is 9.50 Å². The number of rotatable bonds is 1. The number of halogens is 1. The zero-order chi connectivity index (χ0) is 9.97. The van der Waals surface area contributed by atoms with Crippen LogP contribution in [0.5, 0.6) is 5.75 Å². The molecule has 2 rings (SSSR count). The van der Waals surface area contributed by atoms with E-state index >= 15 is 0 Å². The third kappa shape index (κ3) is 1.71. The van der Waals surface area contributed by atoms with Gasteiger partial charge in [-0.2, -0.15) is 0 Å². The fraction of sp³-hybridized carbons (Fsp3) is 0.400. The third-order valence-corrected chi connectivity index (χ3v) is 2.29. The lowest BCUT2D eigenvalue weighted by Gasteiger charge is -2.24. The number of hydrogen-bond donors (Lipinski definition) is 2. The number of nitrogens with one attached hydrogen (secondary N) is 1. The lowest BCUT2D eigenvalue weighted by atomic mass is 10.1. The molecule has 76 valence electrons. The normalized spacial score (nSPS) is 22.2. The summed E-state index contributed by atoms with van der Waals surface area (Å²) in [5.41, 5.74) is 0.511. The molecular formula is C10H12FNO2. The number of aromatic hydroxyl groups is 1. The first-order valence-corrected chi connectivity index (χ1v) is 4.59. The summed E-state index contributed by atoms with van der Waals surface area (Å²) in [6, 6.07) is 4.48. The topological polar surface area (TPSA) is 41.5 Å². The lowest BCUT2D eigenvalue weighted by Crippen LogP contribution is -2.33. The third-order valence-electron chi connectivity index (χ3n) is 2.29. The number of hydrogen-bond acceptors (Lipinski definition) is 3. The highest BCUT2D eigenvalue weighted by atomic mass is 19.1. The van der Waals surface area contributed by atoms with Gasteiger partial charge in [-0.3, -0.25) is 0 Å². The Bertz CT molecular complexity index is 324. The number of benzene rings is 1. The predicted octanol–water partition coefficient (Wildman–Crippen LogP) is 1.19. The molecule has 1 aromatic rings. The van der Waals surface area contributed by atoms with Crippen molar-refractivity contribution in [2.45, 2.75) is 6.10 Å². The molecule has 0 amide bonds. The maximum absolute atomic E-state index is 13.0. The van der Waals surface area contributed by atoms with Crippen LogP contribution in [0.3, 0.4) is 0 Å². The van der Waals surface area contributed by atoms with Crippen LogP contribution >= 0.6 is 0 Å². The molecular weight excluding hydrogens is 185 g/mol. The molecule has 14 heavy (non-hydrogen) atoms. The van der Waals surface area contributed by atoms with Crippen molar-refractivity contribution in [2.24, 2.45) is 0 Å². The highest BCUT2D eigenvalue weighted by Crippen LogP contribution is 2.29. The van der Waals surface area contributed by atoms with Crippen molar-refractivity contribution in [1.29, 1.82) is 0 Å². The van der Waals surface area contributed by atoms with Gasteiger partial charge in [-0.1, -0.05) is 12.1 Å². The highest BCUT2D eigenvalue weighted by molar-refractivity contribution is 5.35. The smallest absolute Gasteiger partial charge is 0.165 e. The second-order valence-electron chi connectivity index (χ2n) is 3.24. The van der Waals surface area contributed by atoms with Gasteiger partial charge in [0.05, 0.1) is 12.7 Å².